The molecule has 6 nitrogen and oxygen atoms in total. The van der Waals surface area contributed by atoms with Crippen LogP contribution in [0.5, 0.6) is 0 Å². The molecule has 8 heteroatoms. The summed E-state index contributed by atoms with van der Waals surface area (Å²) in [6, 6.07) is 7.38. The number of allylic oxidation sites excluding steroid dienone is 1. The molecule has 0 atom stereocenters. The fraction of sp³-hybridized carbons (Fsp3) is 0.200. The van der Waals surface area contributed by atoms with Gasteiger partial charge < -0.3 is 10.2 Å². The van der Waals surface area contributed by atoms with Crippen molar-refractivity contribution in [3.05, 3.63) is 64.1 Å². The monoisotopic (exact) mass is 459 g/mol. The number of carbonyl (C=O) groups is 1. The molecule has 2 heterocycles. The number of nitrogens with zero attached hydrogens (tertiary/aromatic N) is 4. The normalized spacial score (nSPS) is 11.5. The Kier molecular flexibility index (Phi) is 6.72. The van der Waals surface area contributed by atoms with E-state index in [0.717, 1.165) is 22.1 Å². The minimum Gasteiger partial charge on any atom is -0.340 e. The largest absolute Gasteiger partial charge is 0.340 e. The highest BCUT2D eigenvalue weighted by Crippen LogP contribution is 2.29. The Bertz CT molecular complexity index is 1040. The van der Waals surface area contributed by atoms with Gasteiger partial charge in [0.05, 0.1) is 23.2 Å². The summed E-state index contributed by atoms with van der Waals surface area (Å²) < 4.78 is 0.787. The molecule has 1 aromatic carbocycles. The molecule has 0 saturated carbocycles. The van der Waals surface area contributed by atoms with E-state index in [1.54, 1.807) is 18.3 Å². The van der Waals surface area contributed by atoms with E-state index >= 15 is 0 Å². The highest BCUT2D eigenvalue weighted by atomic mass is 79.9. The minimum atomic E-state index is 0.00157. The van der Waals surface area contributed by atoms with E-state index in [9.17, 15) is 4.79 Å². The molecule has 0 spiro atoms. The molecule has 1 N–H and O–H groups in total. The number of pyridine rings is 1. The number of rotatable bonds is 7. The molecule has 0 fully saturated rings. The fourth-order valence-electron chi connectivity index (χ4n) is 2.54. The minimum absolute atomic E-state index is 0.00157. The van der Waals surface area contributed by atoms with Crippen molar-refractivity contribution in [3.8, 4) is 0 Å². The van der Waals surface area contributed by atoms with Crippen molar-refractivity contribution in [2.24, 2.45) is 0 Å². The molecule has 0 unspecified atom stereocenters. The van der Waals surface area contributed by atoms with Gasteiger partial charge in [0.1, 0.15) is 12.1 Å². The van der Waals surface area contributed by atoms with Gasteiger partial charge in [0, 0.05) is 27.8 Å². The van der Waals surface area contributed by atoms with Gasteiger partial charge in [0.2, 0.25) is 0 Å². The van der Waals surface area contributed by atoms with Crippen molar-refractivity contribution < 1.29 is 4.79 Å². The lowest BCUT2D eigenvalue weighted by molar-refractivity contribution is -0.114. The maximum Gasteiger partial charge on any atom is 0.161 e. The average Bonchev–Trinajstić information content (AvgIpc) is 2.65. The van der Waals surface area contributed by atoms with Crippen LogP contribution < -0.4 is 5.32 Å². The van der Waals surface area contributed by atoms with Crippen molar-refractivity contribution in [3.63, 3.8) is 0 Å². The topological polar surface area (TPSA) is 71.0 Å². The van der Waals surface area contributed by atoms with Gasteiger partial charge in [-0.2, -0.15) is 0 Å². The second kappa shape index (κ2) is 9.23. The molecular formula is C20H19BrClN5O. The van der Waals surface area contributed by atoms with Crippen LogP contribution in [0.3, 0.4) is 0 Å². The van der Waals surface area contributed by atoms with Crippen molar-refractivity contribution in [1.29, 1.82) is 0 Å². The van der Waals surface area contributed by atoms with Crippen LogP contribution >= 0.6 is 27.5 Å². The summed E-state index contributed by atoms with van der Waals surface area (Å²) in [6.07, 6.45) is 6.80. The van der Waals surface area contributed by atoms with Gasteiger partial charge in [-0.05, 0) is 60.4 Å². The summed E-state index contributed by atoms with van der Waals surface area (Å²) in [6.45, 7) is 0.718. The fourth-order valence-corrected chi connectivity index (χ4v) is 3.04. The molecule has 144 valence electrons. The first kappa shape index (κ1) is 20.4. The second-order valence-corrected chi connectivity index (χ2v) is 7.74. The quantitative estimate of drug-likeness (QED) is 0.527. The average molecular weight is 461 g/mol. The van der Waals surface area contributed by atoms with E-state index in [1.807, 2.05) is 43.3 Å². The van der Waals surface area contributed by atoms with E-state index in [0.29, 0.717) is 22.1 Å². The number of ketones is 1. The van der Waals surface area contributed by atoms with Crippen LogP contribution in [-0.2, 0) is 11.2 Å². The smallest absolute Gasteiger partial charge is 0.161 e. The third-order valence-electron chi connectivity index (χ3n) is 3.89. The number of nitrogens with one attached hydrogen (secondary N) is 1. The number of fused-ring (bicyclic) bond motifs is 1. The summed E-state index contributed by atoms with van der Waals surface area (Å²) in [5, 5.41) is 4.70. The van der Waals surface area contributed by atoms with Crippen LogP contribution in [0.1, 0.15) is 5.69 Å². The molecule has 3 rings (SSSR count). The number of carbonyl (C=O) groups excluding carboxylic acids is 1. The molecule has 2 aromatic heterocycles. The molecule has 0 aliphatic carbocycles. The van der Waals surface area contributed by atoms with Gasteiger partial charge in [0.15, 0.2) is 5.78 Å². The van der Waals surface area contributed by atoms with Crippen LogP contribution in [0, 0.1) is 0 Å². The van der Waals surface area contributed by atoms with E-state index in [1.165, 1.54) is 6.33 Å². The zero-order valence-electron chi connectivity index (χ0n) is 15.5. The number of aromatic nitrogens is 3. The molecule has 0 bridgehead atoms. The Labute approximate surface area is 176 Å². The number of hydrogen-bond donors (Lipinski definition) is 1. The van der Waals surface area contributed by atoms with Crippen molar-refractivity contribution >= 4 is 55.7 Å². The Hall–Kier alpha value is -2.35. The van der Waals surface area contributed by atoms with Crippen LogP contribution in [0.2, 0.25) is 5.02 Å². The highest BCUT2D eigenvalue weighted by Gasteiger charge is 2.09. The van der Waals surface area contributed by atoms with Crippen LogP contribution in [-0.4, -0.2) is 46.3 Å². The summed E-state index contributed by atoms with van der Waals surface area (Å²) in [4.78, 5) is 27.1. The van der Waals surface area contributed by atoms with Crippen LogP contribution in [0.15, 0.2) is 53.4 Å². The first-order chi connectivity index (χ1) is 13.4. The molecule has 0 saturated heterocycles. The Morgan fingerprint density at radius 3 is 2.82 bits per heavy atom. The first-order valence-corrected chi connectivity index (χ1v) is 9.75. The Balaban J connectivity index is 1.84. The number of likely N-dealkylation sites (N-methyl/N-ethyl adjacent to an activating group) is 1. The molecular weight excluding hydrogens is 442 g/mol. The van der Waals surface area contributed by atoms with E-state index in [-0.39, 0.29) is 12.2 Å². The third-order valence-corrected chi connectivity index (χ3v) is 5.10. The SMILES string of the molecule is CN(C)C/C=C/C(=O)Cc1cc2c(Nc3ccc(Cl)c(Br)c3)ncnc2cn1. The number of anilines is 2. The highest BCUT2D eigenvalue weighted by molar-refractivity contribution is 9.10. The maximum absolute atomic E-state index is 12.2. The lowest BCUT2D eigenvalue weighted by atomic mass is 10.1. The standard InChI is InChI=1S/C20H19BrClN5O/c1-27(2)7-3-4-15(28)8-14-9-16-19(11-23-14)24-12-25-20(16)26-13-5-6-18(22)17(21)10-13/h3-6,9-12H,7-8H2,1-2H3,(H,24,25,26)/b4-3+. The first-order valence-electron chi connectivity index (χ1n) is 8.58. The third kappa shape index (κ3) is 5.34. The number of hydrogen-bond acceptors (Lipinski definition) is 6. The molecule has 0 radical (unpaired) electrons. The maximum atomic E-state index is 12.2. The molecule has 0 amide bonds. The lowest BCUT2D eigenvalue weighted by Crippen LogP contribution is -2.11. The van der Waals surface area contributed by atoms with Gasteiger partial charge in [-0.3, -0.25) is 9.78 Å². The van der Waals surface area contributed by atoms with Gasteiger partial charge >= 0.3 is 0 Å². The summed E-state index contributed by atoms with van der Waals surface area (Å²) >= 11 is 9.47. The van der Waals surface area contributed by atoms with Crippen molar-refractivity contribution in [1.82, 2.24) is 19.9 Å². The van der Waals surface area contributed by atoms with Gasteiger partial charge in [-0.1, -0.05) is 17.7 Å². The van der Waals surface area contributed by atoms with Crippen LogP contribution in [0.4, 0.5) is 11.5 Å². The molecule has 0 aliphatic heterocycles. The molecule has 3 aromatic rings. The summed E-state index contributed by atoms with van der Waals surface area (Å²) in [7, 11) is 3.90. The second-order valence-electron chi connectivity index (χ2n) is 6.48. The number of halogens is 2. The lowest BCUT2D eigenvalue weighted by Gasteiger charge is -2.10. The zero-order chi connectivity index (χ0) is 20.1. The van der Waals surface area contributed by atoms with E-state index in [2.05, 4.69) is 36.2 Å². The van der Waals surface area contributed by atoms with Gasteiger partial charge in [0.25, 0.3) is 0 Å². The van der Waals surface area contributed by atoms with E-state index < -0.39 is 0 Å². The van der Waals surface area contributed by atoms with Crippen molar-refractivity contribution in [2.45, 2.75) is 6.42 Å². The molecule has 28 heavy (non-hydrogen) atoms. The van der Waals surface area contributed by atoms with Crippen LogP contribution in [0.25, 0.3) is 10.9 Å². The zero-order valence-corrected chi connectivity index (χ0v) is 17.8. The van der Waals surface area contributed by atoms with E-state index in [4.69, 9.17) is 11.6 Å². The Morgan fingerprint density at radius 2 is 2.07 bits per heavy atom. The predicted octanol–water partition coefficient (Wildman–Crippen LogP) is 4.41. The Morgan fingerprint density at radius 1 is 1.25 bits per heavy atom. The summed E-state index contributed by atoms with van der Waals surface area (Å²) in [5.74, 6) is 0.639. The van der Waals surface area contributed by atoms with Gasteiger partial charge in [-0.25, -0.2) is 9.97 Å². The summed E-state index contributed by atoms with van der Waals surface area (Å²) in [5.41, 5.74) is 2.20. The predicted molar refractivity (Wildman–Crippen MR) is 116 cm³/mol. The van der Waals surface area contributed by atoms with Gasteiger partial charge in [-0.15, -0.1) is 0 Å². The molecule has 0 aliphatic rings. The van der Waals surface area contributed by atoms with Crippen molar-refractivity contribution in [2.75, 3.05) is 26.0 Å². The number of benzene rings is 1.